The van der Waals surface area contributed by atoms with Gasteiger partial charge in [-0.15, -0.1) is 0 Å². The first-order chi connectivity index (χ1) is 9.11. The summed E-state index contributed by atoms with van der Waals surface area (Å²) in [6, 6.07) is 5.60. The molecule has 0 bridgehead atoms. The smallest absolute Gasteiger partial charge is 0.150 e. The van der Waals surface area contributed by atoms with Gasteiger partial charge in [0.2, 0.25) is 0 Å². The average molecular weight is 323 g/mol. The van der Waals surface area contributed by atoms with Crippen molar-refractivity contribution in [1.29, 1.82) is 0 Å². The van der Waals surface area contributed by atoms with E-state index < -0.39 is 0 Å². The van der Waals surface area contributed by atoms with Crippen LogP contribution in [0.4, 0.5) is 0 Å². The third kappa shape index (κ3) is 3.23. The van der Waals surface area contributed by atoms with Crippen molar-refractivity contribution in [2.75, 3.05) is 0 Å². The third-order valence-electron chi connectivity index (χ3n) is 2.77. The summed E-state index contributed by atoms with van der Waals surface area (Å²) in [5, 5.41) is 0. The van der Waals surface area contributed by atoms with Gasteiger partial charge in [-0.1, -0.05) is 0 Å². The van der Waals surface area contributed by atoms with Crippen LogP contribution in [0.15, 0.2) is 35.2 Å². The molecule has 0 amide bonds. The van der Waals surface area contributed by atoms with Crippen molar-refractivity contribution >= 4 is 22.2 Å². The van der Waals surface area contributed by atoms with E-state index in [1.165, 1.54) is 0 Å². The van der Waals surface area contributed by atoms with Crippen LogP contribution in [0.5, 0.6) is 5.75 Å². The summed E-state index contributed by atoms with van der Waals surface area (Å²) in [7, 11) is 0. The first kappa shape index (κ1) is 13.8. The maximum Gasteiger partial charge on any atom is 0.150 e. The predicted molar refractivity (Wildman–Crippen MR) is 76.5 cm³/mol. The van der Waals surface area contributed by atoms with Crippen LogP contribution in [0.25, 0.3) is 0 Å². The molecule has 2 rings (SSSR count). The minimum absolute atomic E-state index is 0.349. The summed E-state index contributed by atoms with van der Waals surface area (Å²) in [5.41, 5.74) is 1.63. The van der Waals surface area contributed by atoms with Crippen LogP contribution in [0.3, 0.4) is 0 Å². The van der Waals surface area contributed by atoms with Crippen LogP contribution >= 0.6 is 15.9 Å². The molecule has 0 N–H and O–H groups in total. The van der Waals surface area contributed by atoms with Crippen molar-refractivity contribution in [2.45, 2.75) is 26.5 Å². The summed E-state index contributed by atoms with van der Waals surface area (Å²) in [6.45, 7) is 4.64. The van der Waals surface area contributed by atoms with Crippen LogP contribution in [-0.4, -0.2) is 15.8 Å². The van der Waals surface area contributed by atoms with Gasteiger partial charge in [-0.05, 0) is 48.0 Å². The Kier molecular flexibility index (Phi) is 4.37. The van der Waals surface area contributed by atoms with Crippen LogP contribution in [0, 0.1) is 0 Å². The Hall–Kier alpha value is -1.62. The Labute approximate surface area is 120 Å². The largest absolute Gasteiger partial charge is 0.486 e. The van der Waals surface area contributed by atoms with E-state index in [1.54, 1.807) is 30.7 Å². The number of rotatable bonds is 5. The van der Waals surface area contributed by atoms with Crippen LogP contribution in [0.1, 0.15) is 35.9 Å². The summed E-state index contributed by atoms with van der Waals surface area (Å²) in [5.74, 6) is 0.710. The highest BCUT2D eigenvalue weighted by atomic mass is 79.9. The molecule has 0 aliphatic heterocycles. The number of hydrogen-bond acceptors (Lipinski definition) is 3. The molecule has 0 atom stereocenters. The predicted octanol–water partition coefficient (Wildman–Crippen LogP) is 3.62. The molecule has 2 aromatic rings. The number of carbonyl (C=O) groups excluding carboxylic acids is 1. The summed E-state index contributed by atoms with van der Waals surface area (Å²) >= 11 is 3.39. The van der Waals surface area contributed by atoms with Gasteiger partial charge in [0.25, 0.3) is 0 Å². The first-order valence-corrected chi connectivity index (χ1v) is 6.79. The third-order valence-corrected chi connectivity index (χ3v) is 3.39. The second-order valence-corrected chi connectivity index (χ2v) is 5.34. The van der Waals surface area contributed by atoms with Crippen LogP contribution in [-0.2, 0) is 6.61 Å². The molecule has 19 heavy (non-hydrogen) atoms. The zero-order valence-electron chi connectivity index (χ0n) is 10.8. The number of nitrogens with zero attached hydrogens (tertiary/aromatic N) is 2. The Morgan fingerprint density at radius 2 is 2.26 bits per heavy atom. The lowest BCUT2D eigenvalue weighted by atomic mass is 10.2. The van der Waals surface area contributed by atoms with Crippen molar-refractivity contribution < 1.29 is 9.53 Å². The highest BCUT2D eigenvalue weighted by Crippen LogP contribution is 2.26. The Bertz CT molecular complexity index is 579. The van der Waals surface area contributed by atoms with Crippen molar-refractivity contribution in [3.63, 3.8) is 0 Å². The molecule has 0 fully saturated rings. The van der Waals surface area contributed by atoms with Crippen LogP contribution in [0.2, 0.25) is 0 Å². The highest BCUT2D eigenvalue weighted by molar-refractivity contribution is 9.10. The standard InChI is InChI=1S/C14H15BrN2O2/c1-10(2)17-9-16-6-12(17)8-19-14-4-3-11(7-18)5-13(14)15/h3-7,9-10H,8H2,1-2H3. The minimum atomic E-state index is 0.349. The number of benzene rings is 1. The summed E-state index contributed by atoms with van der Waals surface area (Å²) in [6.07, 6.45) is 4.41. The number of ether oxygens (including phenoxy) is 1. The monoisotopic (exact) mass is 322 g/mol. The molecule has 4 nitrogen and oxygen atoms in total. The Morgan fingerprint density at radius 3 is 2.89 bits per heavy atom. The number of aldehydes is 1. The van der Waals surface area contributed by atoms with Gasteiger partial charge in [0, 0.05) is 11.6 Å². The van der Waals surface area contributed by atoms with Gasteiger partial charge in [0.05, 0.1) is 22.7 Å². The van der Waals surface area contributed by atoms with E-state index in [0.717, 1.165) is 16.5 Å². The van der Waals surface area contributed by atoms with Gasteiger partial charge >= 0.3 is 0 Å². The van der Waals surface area contributed by atoms with Crippen molar-refractivity contribution in [2.24, 2.45) is 0 Å². The second-order valence-electron chi connectivity index (χ2n) is 4.48. The number of imidazole rings is 1. The van der Waals surface area contributed by atoms with Gasteiger partial charge < -0.3 is 9.30 Å². The van der Waals surface area contributed by atoms with E-state index in [-0.39, 0.29) is 0 Å². The fraction of sp³-hybridized carbons (Fsp3) is 0.286. The maximum absolute atomic E-state index is 10.7. The maximum atomic E-state index is 10.7. The fourth-order valence-electron chi connectivity index (χ4n) is 1.77. The number of aromatic nitrogens is 2. The molecule has 1 aromatic carbocycles. The van der Waals surface area contributed by atoms with Crippen LogP contribution < -0.4 is 4.74 Å². The lowest BCUT2D eigenvalue weighted by Gasteiger charge is -2.13. The number of halogens is 1. The second kappa shape index (κ2) is 6.02. The topological polar surface area (TPSA) is 44.1 Å². The van der Waals surface area contributed by atoms with Gasteiger partial charge in [-0.2, -0.15) is 0 Å². The molecule has 0 unspecified atom stereocenters. The minimum Gasteiger partial charge on any atom is -0.486 e. The Morgan fingerprint density at radius 1 is 1.47 bits per heavy atom. The van der Waals surface area contributed by atoms with E-state index in [4.69, 9.17) is 4.74 Å². The molecular formula is C14H15BrN2O2. The average Bonchev–Trinajstić information content (AvgIpc) is 2.85. The van der Waals surface area contributed by atoms with Crippen molar-refractivity contribution in [1.82, 2.24) is 9.55 Å². The van der Waals surface area contributed by atoms with Crippen molar-refractivity contribution in [3.8, 4) is 5.75 Å². The van der Waals surface area contributed by atoms with E-state index in [0.29, 0.717) is 24.0 Å². The molecular weight excluding hydrogens is 308 g/mol. The molecule has 0 aliphatic carbocycles. The molecule has 0 aliphatic rings. The summed E-state index contributed by atoms with van der Waals surface area (Å²) in [4.78, 5) is 14.8. The molecule has 1 aromatic heterocycles. The van der Waals surface area contributed by atoms with E-state index in [1.807, 2.05) is 0 Å². The lowest BCUT2D eigenvalue weighted by molar-refractivity contribution is 0.112. The Balaban J connectivity index is 2.10. The van der Waals surface area contributed by atoms with Gasteiger partial charge in [0.1, 0.15) is 18.6 Å². The zero-order valence-corrected chi connectivity index (χ0v) is 12.4. The van der Waals surface area contributed by atoms with E-state index >= 15 is 0 Å². The number of hydrogen-bond donors (Lipinski definition) is 0. The van der Waals surface area contributed by atoms with Crippen molar-refractivity contribution in [3.05, 3.63) is 46.5 Å². The zero-order chi connectivity index (χ0) is 13.8. The lowest BCUT2D eigenvalue weighted by Crippen LogP contribution is -2.07. The quantitative estimate of drug-likeness (QED) is 0.790. The molecule has 100 valence electrons. The SMILES string of the molecule is CC(C)n1cncc1COc1ccc(C=O)cc1Br. The molecule has 0 radical (unpaired) electrons. The van der Waals surface area contributed by atoms with E-state index in [2.05, 4.69) is 39.3 Å². The molecule has 5 heteroatoms. The van der Waals surface area contributed by atoms with Gasteiger partial charge in [-0.25, -0.2) is 4.98 Å². The molecule has 0 spiro atoms. The first-order valence-electron chi connectivity index (χ1n) is 6.00. The molecule has 0 saturated carbocycles. The van der Waals surface area contributed by atoms with Gasteiger partial charge in [0.15, 0.2) is 0 Å². The molecule has 1 heterocycles. The fourth-order valence-corrected chi connectivity index (χ4v) is 2.28. The van der Waals surface area contributed by atoms with E-state index in [9.17, 15) is 4.79 Å². The van der Waals surface area contributed by atoms with Gasteiger partial charge in [-0.3, -0.25) is 4.79 Å². The molecule has 0 saturated heterocycles. The summed E-state index contributed by atoms with van der Waals surface area (Å²) < 4.78 is 8.58. The number of carbonyl (C=O) groups is 1. The normalized spacial score (nSPS) is 10.7. The highest BCUT2D eigenvalue weighted by Gasteiger charge is 2.08.